The SMILES string of the molecule is CC/C=C/C/C=C/C/C=C/C/C=C/C/C=C/C/C=C/CCCC(=O)OCC(COCCC(C(=O)[O-])[N+](C)(C)C)OC(=O)CCCCCCCCC. The van der Waals surface area contributed by atoms with Gasteiger partial charge in [-0.3, -0.25) is 9.59 Å². The molecule has 0 aliphatic rings. The highest BCUT2D eigenvalue weighted by atomic mass is 16.6. The van der Waals surface area contributed by atoms with E-state index >= 15 is 0 Å². The van der Waals surface area contributed by atoms with Crippen LogP contribution in [0.3, 0.4) is 0 Å². The molecule has 8 heteroatoms. The van der Waals surface area contributed by atoms with Crippen molar-refractivity contribution in [2.75, 3.05) is 41.0 Å². The largest absolute Gasteiger partial charge is 0.544 e. The third-order valence-electron chi connectivity index (χ3n) is 8.11. The van der Waals surface area contributed by atoms with E-state index in [9.17, 15) is 19.5 Å². The van der Waals surface area contributed by atoms with Crippen molar-refractivity contribution in [3.05, 3.63) is 72.9 Å². The van der Waals surface area contributed by atoms with Gasteiger partial charge in [-0.1, -0.05) is 125 Å². The second kappa shape index (κ2) is 33.9. The van der Waals surface area contributed by atoms with Gasteiger partial charge < -0.3 is 28.6 Å². The fourth-order valence-corrected chi connectivity index (χ4v) is 5.08. The van der Waals surface area contributed by atoms with E-state index in [1.54, 1.807) is 21.1 Å². The summed E-state index contributed by atoms with van der Waals surface area (Å²) in [4.78, 5) is 36.5. The molecule has 0 spiro atoms. The average Bonchev–Trinajstić information content (AvgIpc) is 3.08. The van der Waals surface area contributed by atoms with E-state index < -0.39 is 18.1 Å². The lowest BCUT2D eigenvalue weighted by Gasteiger charge is -2.34. The quantitative estimate of drug-likeness (QED) is 0.0290. The van der Waals surface area contributed by atoms with Crippen molar-refractivity contribution in [3.63, 3.8) is 0 Å². The van der Waals surface area contributed by atoms with E-state index in [0.717, 1.165) is 64.2 Å². The second-order valence-corrected chi connectivity index (χ2v) is 13.8. The summed E-state index contributed by atoms with van der Waals surface area (Å²) in [6.07, 6.45) is 40.9. The van der Waals surface area contributed by atoms with Crippen LogP contribution < -0.4 is 5.11 Å². The number of aliphatic carboxylic acids is 1. The zero-order valence-corrected chi connectivity index (χ0v) is 32.7. The molecule has 0 aliphatic heterocycles. The number of carbonyl (C=O) groups is 3. The zero-order valence-electron chi connectivity index (χ0n) is 32.7. The van der Waals surface area contributed by atoms with Gasteiger partial charge in [-0.15, -0.1) is 0 Å². The summed E-state index contributed by atoms with van der Waals surface area (Å²) >= 11 is 0. The van der Waals surface area contributed by atoms with Crippen LogP contribution in [0.4, 0.5) is 0 Å². The van der Waals surface area contributed by atoms with Crippen molar-refractivity contribution in [2.24, 2.45) is 0 Å². The van der Waals surface area contributed by atoms with Crippen molar-refractivity contribution in [2.45, 2.75) is 142 Å². The number of carboxylic acid groups (broad SMARTS) is 1. The maximum Gasteiger partial charge on any atom is 0.306 e. The summed E-state index contributed by atoms with van der Waals surface area (Å²) in [5.74, 6) is -1.83. The number of carboxylic acids is 1. The average molecular weight is 714 g/mol. The lowest BCUT2D eigenvalue weighted by molar-refractivity contribution is -0.889. The Kier molecular flexibility index (Phi) is 31.7. The Morgan fingerprint density at radius 3 is 1.61 bits per heavy atom. The molecule has 51 heavy (non-hydrogen) atoms. The molecule has 0 rings (SSSR count). The normalized spacial score (nSPS) is 13.8. The number of rotatable bonds is 33. The van der Waals surface area contributed by atoms with E-state index in [2.05, 4.69) is 86.8 Å². The van der Waals surface area contributed by atoms with Crippen molar-refractivity contribution < 1.29 is 38.2 Å². The van der Waals surface area contributed by atoms with Gasteiger partial charge in [0.15, 0.2) is 6.10 Å². The summed E-state index contributed by atoms with van der Waals surface area (Å²) in [7, 11) is 5.36. The molecule has 0 heterocycles. The van der Waals surface area contributed by atoms with Crippen LogP contribution in [0.25, 0.3) is 0 Å². The van der Waals surface area contributed by atoms with Crippen molar-refractivity contribution in [3.8, 4) is 0 Å². The van der Waals surface area contributed by atoms with Gasteiger partial charge in [0, 0.05) is 19.3 Å². The van der Waals surface area contributed by atoms with Gasteiger partial charge in [-0.05, 0) is 57.8 Å². The predicted molar refractivity (Wildman–Crippen MR) is 208 cm³/mol. The van der Waals surface area contributed by atoms with E-state index in [0.29, 0.717) is 12.8 Å². The topological polar surface area (TPSA) is 102 Å². The van der Waals surface area contributed by atoms with Gasteiger partial charge in [0.05, 0.1) is 40.3 Å². The Hall–Kier alpha value is -3.23. The molecule has 0 amide bonds. The summed E-state index contributed by atoms with van der Waals surface area (Å²) in [6, 6.07) is -0.734. The third kappa shape index (κ3) is 32.4. The molecule has 0 aliphatic carbocycles. The summed E-state index contributed by atoms with van der Waals surface area (Å²) in [5, 5.41) is 11.6. The molecule has 2 atom stereocenters. The number of unbranched alkanes of at least 4 members (excludes halogenated alkanes) is 7. The minimum Gasteiger partial charge on any atom is -0.544 e. The minimum atomic E-state index is -1.14. The predicted octanol–water partition coefficient (Wildman–Crippen LogP) is 8.68. The number of carbonyl (C=O) groups excluding carboxylic acids is 3. The zero-order chi connectivity index (χ0) is 37.8. The molecule has 290 valence electrons. The Bertz CT molecular complexity index is 1060. The molecule has 0 aromatic carbocycles. The first-order valence-corrected chi connectivity index (χ1v) is 19.5. The molecule has 0 aromatic rings. The van der Waals surface area contributed by atoms with Gasteiger partial charge >= 0.3 is 11.9 Å². The molecule has 2 unspecified atom stereocenters. The van der Waals surface area contributed by atoms with Crippen molar-refractivity contribution in [1.29, 1.82) is 0 Å². The van der Waals surface area contributed by atoms with Crippen LogP contribution in [0, 0.1) is 0 Å². The third-order valence-corrected chi connectivity index (χ3v) is 8.11. The Morgan fingerprint density at radius 1 is 0.608 bits per heavy atom. The maximum atomic E-state index is 12.5. The van der Waals surface area contributed by atoms with Crippen LogP contribution >= 0.6 is 0 Å². The summed E-state index contributed by atoms with van der Waals surface area (Å²) in [5.41, 5.74) is 0. The van der Waals surface area contributed by atoms with Crippen molar-refractivity contribution >= 4 is 17.9 Å². The monoisotopic (exact) mass is 714 g/mol. The molecule has 0 fully saturated rings. The van der Waals surface area contributed by atoms with Crippen LogP contribution in [0.2, 0.25) is 0 Å². The molecule has 0 radical (unpaired) electrons. The lowest BCUT2D eigenvalue weighted by atomic mass is 10.1. The van der Waals surface area contributed by atoms with Crippen LogP contribution in [-0.4, -0.2) is 75.5 Å². The van der Waals surface area contributed by atoms with E-state index in [1.165, 1.54) is 25.7 Å². The first kappa shape index (κ1) is 47.8. The van der Waals surface area contributed by atoms with Gasteiger partial charge in [-0.2, -0.15) is 0 Å². The maximum absolute atomic E-state index is 12.5. The molecule has 0 N–H and O–H groups in total. The molecule has 0 aromatic heterocycles. The van der Waals surface area contributed by atoms with Crippen LogP contribution in [0.1, 0.15) is 129 Å². The highest BCUT2D eigenvalue weighted by Crippen LogP contribution is 2.11. The first-order valence-electron chi connectivity index (χ1n) is 19.5. The number of hydrogen-bond acceptors (Lipinski definition) is 7. The first-order chi connectivity index (χ1) is 24.6. The standard InChI is InChI=1S/C43H71NO7/c1-6-8-10-12-14-15-16-17-18-19-20-21-22-23-24-25-26-28-29-31-33-41(45)50-38-39(37-49-36-35-40(43(47)48)44(3,4)5)51-42(46)34-32-30-27-13-11-9-7-2/h8,10,14-15,17-18,20-21,23-24,26,28,39-40H,6-7,9,11-13,16,19,22,25,27,29-38H2,1-5H3/b10-8+,15-14+,18-17+,21-20+,24-23+,28-26+. The second-order valence-electron chi connectivity index (χ2n) is 13.8. The molecule has 0 saturated heterocycles. The number of likely N-dealkylation sites (N-methyl/N-ethyl adjacent to an activating group) is 1. The molecule has 8 nitrogen and oxygen atoms in total. The highest BCUT2D eigenvalue weighted by Gasteiger charge is 2.25. The molecule has 0 saturated carbocycles. The fourth-order valence-electron chi connectivity index (χ4n) is 5.08. The highest BCUT2D eigenvalue weighted by molar-refractivity contribution is 5.70. The lowest BCUT2D eigenvalue weighted by Crippen LogP contribution is -2.55. The minimum absolute atomic E-state index is 0.0193. The summed E-state index contributed by atoms with van der Waals surface area (Å²) in [6.45, 7) is 4.41. The molecular weight excluding hydrogens is 642 g/mol. The van der Waals surface area contributed by atoms with E-state index in [1.807, 2.05) is 0 Å². The number of nitrogens with zero attached hydrogens (tertiary/aromatic N) is 1. The van der Waals surface area contributed by atoms with Crippen LogP contribution in [-0.2, 0) is 28.6 Å². The van der Waals surface area contributed by atoms with Gasteiger partial charge in [0.2, 0.25) is 0 Å². The van der Waals surface area contributed by atoms with E-state index in [-0.39, 0.29) is 49.1 Å². The number of allylic oxidation sites excluding steroid dienone is 12. The van der Waals surface area contributed by atoms with Gasteiger partial charge in [0.1, 0.15) is 12.6 Å². The Morgan fingerprint density at radius 2 is 1.10 bits per heavy atom. The summed E-state index contributed by atoms with van der Waals surface area (Å²) < 4.78 is 17.0. The molecular formula is C43H71NO7. The van der Waals surface area contributed by atoms with Crippen LogP contribution in [0.5, 0.6) is 0 Å². The number of ether oxygens (including phenoxy) is 3. The Balaban J connectivity index is 4.41. The van der Waals surface area contributed by atoms with Crippen LogP contribution in [0.15, 0.2) is 72.9 Å². The van der Waals surface area contributed by atoms with Gasteiger partial charge in [-0.25, -0.2) is 0 Å². The molecule has 0 bridgehead atoms. The smallest absolute Gasteiger partial charge is 0.306 e. The van der Waals surface area contributed by atoms with Gasteiger partial charge in [0.25, 0.3) is 0 Å². The van der Waals surface area contributed by atoms with E-state index in [4.69, 9.17) is 14.2 Å². The Labute approximate surface area is 311 Å². The van der Waals surface area contributed by atoms with Crippen molar-refractivity contribution in [1.82, 2.24) is 0 Å². The fraction of sp³-hybridized carbons (Fsp3) is 0.651. The number of hydrogen-bond donors (Lipinski definition) is 0. The number of quaternary nitrogens is 1. The number of esters is 2.